The first kappa shape index (κ1) is 16.9. The summed E-state index contributed by atoms with van der Waals surface area (Å²) >= 11 is 0. The number of imidazole rings is 1. The van der Waals surface area contributed by atoms with Crippen LogP contribution in [0.3, 0.4) is 0 Å². The Hall–Kier alpha value is -3.51. The normalized spacial score (nSPS) is 10.9. The molecule has 2 N–H and O–H groups in total. The third-order valence-electron chi connectivity index (χ3n) is 4.25. The molecule has 0 aliphatic rings. The van der Waals surface area contributed by atoms with Crippen LogP contribution in [0, 0.1) is 0 Å². The zero-order valence-electron chi connectivity index (χ0n) is 14.5. The predicted octanol–water partition coefficient (Wildman–Crippen LogP) is 2.79. The van der Waals surface area contributed by atoms with Crippen LogP contribution in [0.2, 0.25) is 0 Å². The van der Waals surface area contributed by atoms with Crippen LogP contribution in [0.1, 0.15) is 10.4 Å². The smallest absolute Gasteiger partial charge is 0.251 e. The number of nitrogens with one attached hydrogen (secondary N) is 1. The van der Waals surface area contributed by atoms with Gasteiger partial charge in [-0.2, -0.15) is 5.10 Å². The van der Waals surface area contributed by atoms with Crippen molar-refractivity contribution in [1.82, 2.24) is 19.9 Å². The summed E-state index contributed by atoms with van der Waals surface area (Å²) in [4.78, 5) is 16.6. The predicted molar refractivity (Wildman–Crippen MR) is 103 cm³/mol. The highest BCUT2D eigenvalue weighted by atomic mass is 16.3. The number of aromatic nitrogens is 3. The van der Waals surface area contributed by atoms with Crippen LogP contribution in [0.25, 0.3) is 28.2 Å². The molecule has 2 aromatic carbocycles. The van der Waals surface area contributed by atoms with E-state index in [4.69, 9.17) is 10.2 Å². The van der Waals surface area contributed by atoms with Gasteiger partial charge in [0, 0.05) is 23.2 Å². The first-order chi connectivity index (χ1) is 13.3. The molecule has 2 heterocycles. The van der Waals surface area contributed by atoms with E-state index in [9.17, 15) is 4.79 Å². The molecule has 4 rings (SSSR count). The lowest BCUT2D eigenvalue weighted by molar-refractivity contribution is 0.0945. The minimum absolute atomic E-state index is 0.0907. The quantitative estimate of drug-likeness (QED) is 0.575. The molecule has 0 aliphatic heterocycles. The zero-order chi connectivity index (χ0) is 18.6. The van der Waals surface area contributed by atoms with Crippen molar-refractivity contribution in [3.8, 4) is 22.5 Å². The van der Waals surface area contributed by atoms with Crippen molar-refractivity contribution in [3.63, 3.8) is 0 Å². The van der Waals surface area contributed by atoms with E-state index in [-0.39, 0.29) is 19.1 Å². The number of hydrogen-bond acceptors (Lipinski definition) is 4. The maximum absolute atomic E-state index is 12.1. The highest BCUT2D eigenvalue weighted by Crippen LogP contribution is 2.23. The van der Waals surface area contributed by atoms with Crippen LogP contribution in [0.5, 0.6) is 0 Å². The van der Waals surface area contributed by atoms with Crippen molar-refractivity contribution in [2.24, 2.45) is 0 Å². The van der Waals surface area contributed by atoms with Gasteiger partial charge in [-0.15, -0.1) is 0 Å². The van der Waals surface area contributed by atoms with Crippen LogP contribution < -0.4 is 5.32 Å². The Morgan fingerprint density at radius 1 is 1.00 bits per heavy atom. The Kier molecular flexibility index (Phi) is 4.63. The number of hydrogen-bond donors (Lipinski definition) is 2. The van der Waals surface area contributed by atoms with Crippen molar-refractivity contribution < 1.29 is 9.90 Å². The van der Waals surface area contributed by atoms with Crippen molar-refractivity contribution in [3.05, 3.63) is 78.5 Å². The highest BCUT2D eigenvalue weighted by molar-refractivity contribution is 5.95. The molecule has 0 saturated carbocycles. The van der Waals surface area contributed by atoms with E-state index in [0.29, 0.717) is 5.56 Å². The van der Waals surface area contributed by atoms with Crippen molar-refractivity contribution in [2.45, 2.75) is 0 Å². The first-order valence-corrected chi connectivity index (χ1v) is 8.66. The molecule has 0 spiro atoms. The summed E-state index contributed by atoms with van der Waals surface area (Å²) in [5.74, 6) is -0.223. The molecule has 134 valence electrons. The molecular weight excluding hydrogens is 340 g/mol. The van der Waals surface area contributed by atoms with Crippen LogP contribution in [0.15, 0.2) is 72.9 Å². The van der Waals surface area contributed by atoms with E-state index in [1.807, 2.05) is 59.1 Å². The fourth-order valence-electron chi connectivity index (χ4n) is 2.92. The molecule has 0 atom stereocenters. The second-order valence-corrected chi connectivity index (χ2v) is 6.06. The monoisotopic (exact) mass is 358 g/mol. The Balaban J connectivity index is 1.73. The molecule has 6 nitrogen and oxygen atoms in total. The molecule has 0 unspecified atom stereocenters. The van der Waals surface area contributed by atoms with E-state index >= 15 is 0 Å². The SMILES string of the molecule is O=C(NCCO)c1cccc(-c2ccc3ncc(-c4ccccc4)n3n2)c1. The molecule has 0 aliphatic carbocycles. The number of aliphatic hydroxyl groups is 1. The van der Waals surface area contributed by atoms with Gasteiger partial charge in [0.1, 0.15) is 0 Å². The third kappa shape index (κ3) is 3.43. The molecule has 0 radical (unpaired) electrons. The van der Waals surface area contributed by atoms with Gasteiger partial charge in [0.15, 0.2) is 5.65 Å². The topological polar surface area (TPSA) is 79.5 Å². The van der Waals surface area contributed by atoms with Gasteiger partial charge >= 0.3 is 0 Å². The third-order valence-corrected chi connectivity index (χ3v) is 4.25. The first-order valence-electron chi connectivity index (χ1n) is 8.66. The van der Waals surface area contributed by atoms with Gasteiger partial charge in [-0.25, -0.2) is 9.50 Å². The minimum Gasteiger partial charge on any atom is -0.395 e. The van der Waals surface area contributed by atoms with E-state index in [1.54, 1.807) is 18.3 Å². The Labute approximate surface area is 156 Å². The van der Waals surface area contributed by atoms with Crippen molar-refractivity contribution in [1.29, 1.82) is 0 Å². The Morgan fingerprint density at radius 3 is 2.63 bits per heavy atom. The van der Waals surface area contributed by atoms with Gasteiger partial charge < -0.3 is 10.4 Å². The average molecular weight is 358 g/mol. The molecule has 6 heteroatoms. The number of fused-ring (bicyclic) bond motifs is 1. The van der Waals surface area contributed by atoms with E-state index in [0.717, 1.165) is 28.2 Å². The summed E-state index contributed by atoms with van der Waals surface area (Å²) in [7, 11) is 0. The molecular formula is C21H18N4O2. The van der Waals surface area contributed by atoms with E-state index < -0.39 is 0 Å². The van der Waals surface area contributed by atoms with E-state index in [2.05, 4.69) is 10.3 Å². The Bertz CT molecular complexity index is 1090. The number of amides is 1. The van der Waals surface area contributed by atoms with Crippen molar-refractivity contribution >= 4 is 11.6 Å². The van der Waals surface area contributed by atoms with Gasteiger partial charge in [-0.1, -0.05) is 42.5 Å². The van der Waals surface area contributed by atoms with Gasteiger partial charge in [0.2, 0.25) is 0 Å². The minimum atomic E-state index is -0.223. The van der Waals surface area contributed by atoms with Gasteiger partial charge in [0.25, 0.3) is 5.91 Å². The molecule has 4 aromatic rings. The molecule has 0 bridgehead atoms. The molecule has 0 fully saturated rings. The summed E-state index contributed by atoms with van der Waals surface area (Å²) in [6.07, 6.45) is 1.81. The molecule has 2 aromatic heterocycles. The van der Waals surface area contributed by atoms with Gasteiger partial charge in [-0.05, 0) is 24.3 Å². The molecule has 27 heavy (non-hydrogen) atoms. The van der Waals surface area contributed by atoms with Crippen LogP contribution in [-0.4, -0.2) is 38.8 Å². The zero-order valence-corrected chi connectivity index (χ0v) is 14.5. The Morgan fingerprint density at radius 2 is 1.81 bits per heavy atom. The summed E-state index contributed by atoms with van der Waals surface area (Å²) in [5.41, 5.74) is 4.80. The summed E-state index contributed by atoms with van der Waals surface area (Å²) in [6, 6.07) is 21.0. The lowest BCUT2D eigenvalue weighted by Crippen LogP contribution is -2.26. The highest BCUT2D eigenvalue weighted by Gasteiger charge is 2.11. The summed E-state index contributed by atoms with van der Waals surface area (Å²) in [5, 5.41) is 16.2. The van der Waals surface area contributed by atoms with Crippen molar-refractivity contribution in [2.75, 3.05) is 13.2 Å². The number of nitrogens with zero attached hydrogens (tertiary/aromatic N) is 3. The lowest BCUT2D eigenvalue weighted by atomic mass is 10.1. The number of aliphatic hydroxyl groups excluding tert-OH is 1. The van der Waals surface area contributed by atoms with Crippen LogP contribution >= 0.6 is 0 Å². The summed E-state index contributed by atoms with van der Waals surface area (Å²) < 4.78 is 1.81. The van der Waals surface area contributed by atoms with Crippen LogP contribution in [0.4, 0.5) is 0 Å². The average Bonchev–Trinajstić information content (AvgIpc) is 3.16. The van der Waals surface area contributed by atoms with E-state index in [1.165, 1.54) is 0 Å². The maximum atomic E-state index is 12.1. The maximum Gasteiger partial charge on any atom is 0.251 e. The lowest BCUT2D eigenvalue weighted by Gasteiger charge is -2.07. The van der Waals surface area contributed by atoms with Gasteiger partial charge in [0.05, 0.1) is 24.2 Å². The standard InChI is InChI=1S/C21H18N4O2/c26-12-11-22-21(27)17-8-4-7-16(13-17)18-9-10-20-23-14-19(25(20)24-18)15-5-2-1-3-6-15/h1-10,13-14,26H,11-12H2,(H,22,27). The number of benzene rings is 2. The fraction of sp³-hybridized carbons (Fsp3) is 0.0952. The summed E-state index contributed by atoms with van der Waals surface area (Å²) in [6.45, 7) is 0.134. The molecule has 0 saturated heterocycles. The fourth-order valence-corrected chi connectivity index (χ4v) is 2.92. The molecule has 1 amide bonds. The second kappa shape index (κ2) is 7.39. The van der Waals surface area contributed by atoms with Crippen LogP contribution in [-0.2, 0) is 0 Å². The van der Waals surface area contributed by atoms with Gasteiger partial charge in [-0.3, -0.25) is 4.79 Å². The number of rotatable bonds is 5. The number of carbonyl (C=O) groups is 1. The second-order valence-electron chi connectivity index (χ2n) is 6.06. The number of carbonyl (C=O) groups excluding carboxylic acids is 1. The largest absolute Gasteiger partial charge is 0.395 e.